The summed E-state index contributed by atoms with van der Waals surface area (Å²) in [7, 11) is 2.32. The Morgan fingerprint density at radius 2 is 1.79 bits per heavy atom. The van der Waals surface area contributed by atoms with Crippen LogP contribution in [0, 0.1) is 5.92 Å². The molecule has 3 nitrogen and oxygen atoms in total. The SMILES string of the molecule is CCN1CCC(CN)(N(C)CC2CCCCC2)CC1. The normalized spacial score (nSPS) is 25.9. The van der Waals surface area contributed by atoms with Crippen molar-refractivity contribution < 1.29 is 0 Å². The van der Waals surface area contributed by atoms with Gasteiger partial charge in [-0.25, -0.2) is 0 Å². The number of rotatable bonds is 5. The Morgan fingerprint density at radius 1 is 1.16 bits per heavy atom. The second kappa shape index (κ2) is 7.05. The third-order valence-electron chi connectivity index (χ3n) is 5.68. The molecule has 1 aliphatic heterocycles. The maximum atomic E-state index is 6.17. The van der Waals surface area contributed by atoms with Crippen molar-refractivity contribution in [3.05, 3.63) is 0 Å². The Hall–Kier alpha value is -0.120. The van der Waals surface area contributed by atoms with Crippen LogP contribution in [0.25, 0.3) is 0 Å². The smallest absolute Gasteiger partial charge is 0.0353 e. The van der Waals surface area contributed by atoms with Gasteiger partial charge in [0.1, 0.15) is 0 Å². The first-order valence-corrected chi connectivity index (χ1v) is 8.34. The van der Waals surface area contributed by atoms with Gasteiger partial charge in [-0.05, 0) is 58.3 Å². The van der Waals surface area contributed by atoms with Crippen LogP contribution in [0.4, 0.5) is 0 Å². The Bertz CT molecular complexity index is 253. The molecular formula is C16H33N3. The fraction of sp³-hybridized carbons (Fsp3) is 1.00. The zero-order chi connectivity index (χ0) is 13.7. The van der Waals surface area contributed by atoms with Gasteiger partial charge >= 0.3 is 0 Å². The second-order valence-corrected chi connectivity index (χ2v) is 6.75. The molecule has 2 fully saturated rings. The van der Waals surface area contributed by atoms with Gasteiger partial charge < -0.3 is 10.6 Å². The van der Waals surface area contributed by atoms with Crippen molar-refractivity contribution in [3.63, 3.8) is 0 Å². The van der Waals surface area contributed by atoms with E-state index in [1.807, 2.05) is 0 Å². The lowest BCUT2D eigenvalue weighted by molar-refractivity contribution is 0.0326. The van der Waals surface area contributed by atoms with Crippen LogP contribution in [0.15, 0.2) is 0 Å². The summed E-state index contributed by atoms with van der Waals surface area (Å²) in [4.78, 5) is 5.18. The summed E-state index contributed by atoms with van der Waals surface area (Å²) in [5.41, 5.74) is 6.45. The van der Waals surface area contributed by atoms with E-state index in [1.54, 1.807) is 0 Å². The van der Waals surface area contributed by atoms with Crippen LogP contribution >= 0.6 is 0 Å². The Morgan fingerprint density at radius 3 is 2.32 bits per heavy atom. The first-order chi connectivity index (χ1) is 9.20. The summed E-state index contributed by atoms with van der Waals surface area (Å²) in [6, 6.07) is 0. The zero-order valence-corrected chi connectivity index (χ0v) is 13.0. The highest BCUT2D eigenvalue weighted by molar-refractivity contribution is 4.95. The lowest BCUT2D eigenvalue weighted by atomic mass is 9.83. The highest BCUT2D eigenvalue weighted by Gasteiger charge is 2.37. The van der Waals surface area contributed by atoms with Gasteiger partial charge in [-0.2, -0.15) is 0 Å². The molecule has 19 heavy (non-hydrogen) atoms. The van der Waals surface area contributed by atoms with E-state index in [4.69, 9.17) is 5.73 Å². The van der Waals surface area contributed by atoms with Crippen LogP contribution in [-0.4, -0.2) is 55.1 Å². The van der Waals surface area contributed by atoms with Crippen LogP contribution < -0.4 is 5.73 Å². The van der Waals surface area contributed by atoms with Gasteiger partial charge in [0.15, 0.2) is 0 Å². The maximum absolute atomic E-state index is 6.17. The minimum atomic E-state index is 0.281. The number of hydrogen-bond acceptors (Lipinski definition) is 3. The third-order valence-corrected chi connectivity index (χ3v) is 5.68. The van der Waals surface area contributed by atoms with Gasteiger partial charge in [0, 0.05) is 18.6 Å². The van der Waals surface area contributed by atoms with E-state index in [1.165, 1.54) is 71.1 Å². The molecule has 1 saturated carbocycles. The maximum Gasteiger partial charge on any atom is 0.0353 e. The van der Waals surface area contributed by atoms with E-state index in [0.717, 1.165) is 12.5 Å². The molecule has 0 radical (unpaired) electrons. The molecule has 0 atom stereocenters. The summed E-state index contributed by atoms with van der Waals surface area (Å²) in [5, 5.41) is 0. The van der Waals surface area contributed by atoms with Crippen LogP contribution in [0.3, 0.4) is 0 Å². The molecular weight excluding hydrogens is 234 g/mol. The summed E-state index contributed by atoms with van der Waals surface area (Å²) in [6.07, 6.45) is 9.71. The Balaban J connectivity index is 1.88. The largest absolute Gasteiger partial charge is 0.329 e. The molecule has 2 N–H and O–H groups in total. The highest BCUT2D eigenvalue weighted by Crippen LogP contribution is 2.31. The lowest BCUT2D eigenvalue weighted by Crippen LogP contribution is -2.59. The third kappa shape index (κ3) is 3.71. The molecule has 0 unspecified atom stereocenters. The number of nitrogens with two attached hydrogens (primary N) is 1. The molecule has 1 saturated heterocycles. The molecule has 0 aromatic rings. The molecule has 0 bridgehead atoms. The molecule has 0 aromatic heterocycles. The summed E-state index contributed by atoms with van der Waals surface area (Å²) in [6.45, 7) is 8.00. The molecule has 1 heterocycles. The van der Waals surface area contributed by atoms with Gasteiger partial charge in [0.05, 0.1) is 0 Å². The molecule has 2 rings (SSSR count). The first-order valence-electron chi connectivity index (χ1n) is 8.34. The summed E-state index contributed by atoms with van der Waals surface area (Å²) < 4.78 is 0. The number of hydrogen-bond donors (Lipinski definition) is 1. The average Bonchev–Trinajstić information content (AvgIpc) is 2.48. The monoisotopic (exact) mass is 267 g/mol. The van der Waals surface area contributed by atoms with E-state index >= 15 is 0 Å². The number of piperidine rings is 1. The van der Waals surface area contributed by atoms with Crippen molar-refractivity contribution in [2.24, 2.45) is 11.7 Å². The molecule has 3 heteroatoms. The predicted octanol–water partition coefficient (Wildman–Crippen LogP) is 2.31. The quantitative estimate of drug-likeness (QED) is 0.830. The number of likely N-dealkylation sites (tertiary alicyclic amines) is 1. The van der Waals surface area contributed by atoms with Gasteiger partial charge in [0.25, 0.3) is 0 Å². The molecule has 1 aliphatic carbocycles. The Kier molecular flexibility index (Phi) is 5.67. The van der Waals surface area contributed by atoms with Gasteiger partial charge in [-0.1, -0.05) is 26.2 Å². The number of likely N-dealkylation sites (N-methyl/N-ethyl adjacent to an activating group) is 1. The van der Waals surface area contributed by atoms with Crippen molar-refractivity contribution >= 4 is 0 Å². The van der Waals surface area contributed by atoms with E-state index < -0.39 is 0 Å². The first kappa shape index (κ1) is 15.3. The van der Waals surface area contributed by atoms with Crippen molar-refractivity contribution in [2.75, 3.05) is 39.8 Å². The van der Waals surface area contributed by atoms with Crippen LogP contribution in [0.2, 0.25) is 0 Å². The van der Waals surface area contributed by atoms with Crippen molar-refractivity contribution in [1.29, 1.82) is 0 Å². The summed E-state index contributed by atoms with van der Waals surface area (Å²) in [5.74, 6) is 0.923. The van der Waals surface area contributed by atoms with Gasteiger partial charge in [-0.15, -0.1) is 0 Å². The number of nitrogens with zero attached hydrogens (tertiary/aromatic N) is 2. The fourth-order valence-corrected chi connectivity index (χ4v) is 3.98. The lowest BCUT2D eigenvalue weighted by Gasteiger charge is -2.48. The van der Waals surface area contributed by atoms with E-state index in [0.29, 0.717) is 0 Å². The Labute approximate surface area is 119 Å². The van der Waals surface area contributed by atoms with Crippen molar-refractivity contribution in [1.82, 2.24) is 9.80 Å². The minimum Gasteiger partial charge on any atom is -0.329 e. The topological polar surface area (TPSA) is 32.5 Å². The van der Waals surface area contributed by atoms with Crippen LogP contribution in [0.1, 0.15) is 51.9 Å². The van der Waals surface area contributed by atoms with Crippen molar-refractivity contribution in [2.45, 2.75) is 57.4 Å². The summed E-state index contributed by atoms with van der Waals surface area (Å²) >= 11 is 0. The molecule has 2 aliphatic rings. The van der Waals surface area contributed by atoms with Gasteiger partial charge in [0.2, 0.25) is 0 Å². The average molecular weight is 267 g/mol. The van der Waals surface area contributed by atoms with Gasteiger partial charge in [-0.3, -0.25) is 4.90 Å². The van der Waals surface area contributed by atoms with Crippen LogP contribution in [0.5, 0.6) is 0 Å². The predicted molar refractivity (Wildman–Crippen MR) is 82.3 cm³/mol. The van der Waals surface area contributed by atoms with Crippen molar-refractivity contribution in [3.8, 4) is 0 Å². The van der Waals surface area contributed by atoms with E-state index in [9.17, 15) is 0 Å². The van der Waals surface area contributed by atoms with Crippen LogP contribution in [-0.2, 0) is 0 Å². The zero-order valence-electron chi connectivity index (χ0n) is 13.0. The fourth-order valence-electron chi connectivity index (χ4n) is 3.98. The van der Waals surface area contributed by atoms with E-state index in [2.05, 4.69) is 23.8 Å². The molecule has 0 aromatic carbocycles. The standard InChI is InChI=1S/C16H33N3/c1-3-19-11-9-16(14-17,10-12-19)18(2)13-15-7-5-4-6-8-15/h15H,3-14,17H2,1-2H3. The highest BCUT2D eigenvalue weighted by atomic mass is 15.2. The second-order valence-electron chi connectivity index (χ2n) is 6.75. The molecule has 0 spiro atoms. The van der Waals surface area contributed by atoms with E-state index in [-0.39, 0.29) is 5.54 Å². The molecule has 0 amide bonds. The molecule has 112 valence electrons. The minimum absolute atomic E-state index is 0.281.